The maximum Gasteiger partial charge on any atom is 0.308 e. The van der Waals surface area contributed by atoms with E-state index in [9.17, 15) is 14.4 Å². The fraction of sp³-hybridized carbons (Fsp3) is 0.750. The fourth-order valence-corrected chi connectivity index (χ4v) is 3.76. The van der Waals surface area contributed by atoms with E-state index in [-0.39, 0.29) is 36.6 Å². The summed E-state index contributed by atoms with van der Waals surface area (Å²) in [5.41, 5.74) is 0. The van der Waals surface area contributed by atoms with Crippen LogP contribution >= 0.6 is 12.4 Å². The van der Waals surface area contributed by atoms with Crippen LogP contribution < -0.4 is 10.6 Å². The van der Waals surface area contributed by atoms with Crippen molar-refractivity contribution >= 4 is 30.2 Å². The Morgan fingerprint density at radius 1 is 1.29 bits per heavy atom. The molecule has 2 N–H and O–H groups in total. The SMILES string of the molecule is C#CC(CC(=O)OC)NC(=O)[C@@H]1CCCN(C(=O)CCC2CCNCC2)C1.Cl. The van der Waals surface area contributed by atoms with Gasteiger partial charge >= 0.3 is 5.97 Å². The molecule has 0 aromatic rings. The number of amides is 2. The molecule has 0 bridgehead atoms. The van der Waals surface area contributed by atoms with E-state index >= 15 is 0 Å². The average Bonchev–Trinajstić information content (AvgIpc) is 2.72. The Hall–Kier alpha value is -1.78. The second-order valence-corrected chi connectivity index (χ2v) is 7.42. The molecule has 2 fully saturated rings. The normalized spacial score (nSPS) is 21.0. The van der Waals surface area contributed by atoms with E-state index in [0.717, 1.165) is 45.2 Å². The maximum atomic E-state index is 12.6. The summed E-state index contributed by atoms with van der Waals surface area (Å²) in [4.78, 5) is 38.2. The first-order valence-corrected chi connectivity index (χ1v) is 9.85. The number of nitrogens with zero attached hydrogens (tertiary/aromatic N) is 1. The molecule has 0 saturated carbocycles. The van der Waals surface area contributed by atoms with Crippen LogP contribution in [-0.2, 0) is 19.1 Å². The van der Waals surface area contributed by atoms with Crippen molar-refractivity contribution in [3.05, 3.63) is 0 Å². The van der Waals surface area contributed by atoms with Crippen LogP contribution in [0.2, 0.25) is 0 Å². The summed E-state index contributed by atoms with van der Waals surface area (Å²) in [6.07, 6.45) is 10.6. The molecular weight excluding hydrogens is 382 g/mol. The predicted molar refractivity (Wildman–Crippen MR) is 109 cm³/mol. The first kappa shape index (κ1) is 24.3. The minimum absolute atomic E-state index is 0. The summed E-state index contributed by atoms with van der Waals surface area (Å²) in [7, 11) is 1.28. The highest BCUT2D eigenvalue weighted by molar-refractivity contribution is 5.85. The monoisotopic (exact) mass is 413 g/mol. The number of likely N-dealkylation sites (tertiary alicyclic amines) is 1. The Balaban J connectivity index is 0.00000392. The summed E-state index contributed by atoms with van der Waals surface area (Å²) < 4.78 is 4.59. The van der Waals surface area contributed by atoms with Crippen LogP contribution in [0.25, 0.3) is 0 Å². The number of esters is 1. The van der Waals surface area contributed by atoms with Gasteiger partial charge in [0.1, 0.15) is 6.04 Å². The van der Waals surface area contributed by atoms with Crippen LogP contribution in [0.3, 0.4) is 0 Å². The minimum Gasteiger partial charge on any atom is -0.469 e. The van der Waals surface area contributed by atoms with Crippen molar-refractivity contribution in [2.45, 2.75) is 51.0 Å². The molecule has 2 heterocycles. The van der Waals surface area contributed by atoms with Crippen LogP contribution in [0, 0.1) is 24.2 Å². The number of piperidine rings is 2. The summed E-state index contributed by atoms with van der Waals surface area (Å²) in [6.45, 7) is 3.20. The van der Waals surface area contributed by atoms with E-state index in [0.29, 0.717) is 25.4 Å². The van der Waals surface area contributed by atoms with Crippen molar-refractivity contribution in [3.63, 3.8) is 0 Å². The average molecular weight is 414 g/mol. The second kappa shape index (κ2) is 12.6. The third-order valence-electron chi connectivity index (χ3n) is 5.49. The van der Waals surface area contributed by atoms with Crippen molar-refractivity contribution in [1.29, 1.82) is 0 Å². The molecule has 2 amide bonds. The number of rotatable bonds is 7. The lowest BCUT2D eigenvalue weighted by atomic mass is 9.92. The smallest absolute Gasteiger partial charge is 0.308 e. The number of nitrogens with one attached hydrogen (secondary N) is 2. The minimum atomic E-state index is -0.684. The summed E-state index contributed by atoms with van der Waals surface area (Å²) in [6, 6.07) is -0.684. The van der Waals surface area contributed by atoms with Crippen LogP contribution in [0.5, 0.6) is 0 Å². The van der Waals surface area contributed by atoms with Gasteiger partial charge in [0.2, 0.25) is 11.8 Å². The van der Waals surface area contributed by atoms with E-state index in [1.54, 1.807) is 4.90 Å². The summed E-state index contributed by atoms with van der Waals surface area (Å²) in [5, 5.41) is 6.06. The van der Waals surface area contributed by atoms with Gasteiger partial charge in [0, 0.05) is 19.5 Å². The van der Waals surface area contributed by atoms with E-state index in [1.807, 2.05) is 0 Å². The van der Waals surface area contributed by atoms with Crippen LogP contribution in [0.1, 0.15) is 44.9 Å². The first-order valence-electron chi connectivity index (χ1n) is 9.85. The van der Waals surface area contributed by atoms with E-state index < -0.39 is 12.0 Å². The molecule has 7 nitrogen and oxygen atoms in total. The van der Waals surface area contributed by atoms with Gasteiger partial charge in [-0.05, 0) is 51.1 Å². The molecule has 0 aromatic carbocycles. The Bertz CT molecular complexity index is 572. The zero-order valence-electron chi connectivity index (χ0n) is 16.6. The summed E-state index contributed by atoms with van der Waals surface area (Å²) >= 11 is 0. The number of hydrogen-bond acceptors (Lipinski definition) is 5. The van der Waals surface area contributed by atoms with Gasteiger partial charge in [-0.15, -0.1) is 18.8 Å². The van der Waals surface area contributed by atoms with Gasteiger partial charge in [-0.3, -0.25) is 14.4 Å². The van der Waals surface area contributed by atoms with Gasteiger partial charge < -0.3 is 20.3 Å². The number of hydrogen-bond donors (Lipinski definition) is 2. The van der Waals surface area contributed by atoms with Crippen LogP contribution in [-0.4, -0.2) is 62.0 Å². The highest BCUT2D eigenvalue weighted by Crippen LogP contribution is 2.21. The zero-order valence-corrected chi connectivity index (χ0v) is 17.4. The Labute approximate surface area is 173 Å². The third kappa shape index (κ3) is 7.69. The molecule has 8 heteroatoms. The standard InChI is InChI=1S/C20H31N3O4.ClH/c1-3-17(13-19(25)27-2)22-20(26)16-5-4-12-23(14-16)18(24)7-6-15-8-10-21-11-9-15;/h1,15-17,21H,4-14H2,2H3,(H,22,26);1H/t16-,17?;/m1./s1. The van der Waals surface area contributed by atoms with Crippen molar-refractivity contribution < 1.29 is 19.1 Å². The highest BCUT2D eigenvalue weighted by Gasteiger charge is 2.30. The lowest BCUT2D eigenvalue weighted by Gasteiger charge is -2.33. The number of methoxy groups -OCH3 is 1. The van der Waals surface area contributed by atoms with Gasteiger partial charge in [0.25, 0.3) is 0 Å². The molecule has 2 saturated heterocycles. The molecule has 2 aliphatic rings. The van der Waals surface area contributed by atoms with Gasteiger partial charge in [0.15, 0.2) is 0 Å². The van der Waals surface area contributed by atoms with E-state index in [1.165, 1.54) is 7.11 Å². The van der Waals surface area contributed by atoms with Crippen molar-refractivity contribution in [2.75, 3.05) is 33.3 Å². The lowest BCUT2D eigenvalue weighted by Crippen LogP contribution is -2.47. The zero-order chi connectivity index (χ0) is 19.6. The quantitative estimate of drug-likeness (QED) is 0.482. The maximum absolute atomic E-state index is 12.6. The van der Waals surface area contributed by atoms with Crippen molar-refractivity contribution in [1.82, 2.24) is 15.5 Å². The Morgan fingerprint density at radius 3 is 2.64 bits per heavy atom. The number of carbonyl (C=O) groups is 3. The molecule has 1 unspecified atom stereocenters. The molecule has 2 rings (SSSR count). The van der Waals surface area contributed by atoms with Crippen LogP contribution in [0.15, 0.2) is 0 Å². The Morgan fingerprint density at radius 2 is 2.00 bits per heavy atom. The van der Waals surface area contributed by atoms with Crippen LogP contribution in [0.4, 0.5) is 0 Å². The molecule has 0 spiro atoms. The molecule has 0 aliphatic carbocycles. The van der Waals surface area contributed by atoms with Gasteiger partial charge in [-0.2, -0.15) is 0 Å². The fourth-order valence-electron chi connectivity index (χ4n) is 3.76. The number of carbonyl (C=O) groups excluding carboxylic acids is 3. The van der Waals surface area contributed by atoms with Gasteiger partial charge in [-0.1, -0.05) is 5.92 Å². The molecule has 158 valence electrons. The van der Waals surface area contributed by atoms with Crippen molar-refractivity contribution in [2.24, 2.45) is 11.8 Å². The predicted octanol–water partition coefficient (Wildman–Crippen LogP) is 1.11. The molecule has 28 heavy (non-hydrogen) atoms. The Kier molecular flexibility index (Phi) is 10.9. The largest absolute Gasteiger partial charge is 0.469 e. The number of ether oxygens (including phenoxy) is 1. The molecule has 0 aromatic heterocycles. The number of terminal acetylenes is 1. The third-order valence-corrected chi connectivity index (χ3v) is 5.49. The lowest BCUT2D eigenvalue weighted by molar-refractivity contribution is -0.141. The van der Waals surface area contributed by atoms with E-state index in [2.05, 4.69) is 21.3 Å². The molecule has 2 atom stereocenters. The van der Waals surface area contributed by atoms with Gasteiger partial charge in [-0.25, -0.2) is 0 Å². The second-order valence-electron chi connectivity index (χ2n) is 7.42. The molecule has 0 radical (unpaired) electrons. The molecule has 2 aliphatic heterocycles. The van der Waals surface area contributed by atoms with Gasteiger partial charge in [0.05, 0.1) is 19.4 Å². The highest BCUT2D eigenvalue weighted by atomic mass is 35.5. The topological polar surface area (TPSA) is 87.7 Å². The van der Waals surface area contributed by atoms with E-state index in [4.69, 9.17) is 6.42 Å². The van der Waals surface area contributed by atoms with Crippen molar-refractivity contribution in [3.8, 4) is 12.3 Å². The number of halogens is 1. The first-order chi connectivity index (χ1) is 13.0. The molecular formula is C20H32ClN3O4. The summed E-state index contributed by atoms with van der Waals surface area (Å²) in [5.74, 6) is 2.22.